The van der Waals surface area contributed by atoms with Crippen molar-refractivity contribution in [3.05, 3.63) is 29.8 Å². The van der Waals surface area contributed by atoms with Gasteiger partial charge in [0.1, 0.15) is 11.5 Å². The van der Waals surface area contributed by atoms with Crippen LogP contribution >= 0.6 is 0 Å². The summed E-state index contributed by atoms with van der Waals surface area (Å²) >= 11 is 0. The molecule has 0 spiro atoms. The van der Waals surface area contributed by atoms with Crippen LogP contribution in [-0.2, 0) is 20.4 Å². The normalized spacial score (nSPS) is 19.8. The summed E-state index contributed by atoms with van der Waals surface area (Å²) in [6, 6.07) is 8.11. The van der Waals surface area contributed by atoms with E-state index in [-0.39, 0.29) is 23.3 Å². The first-order chi connectivity index (χ1) is 13.0. The van der Waals surface area contributed by atoms with E-state index in [0.29, 0.717) is 24.8 Å². The molecule has 0 bridgehead atoms. The van der Waals surface area contributed by atoms with E-state index in [1.807, 2.05) is 31.2 Å². The smallest absolute Gasteiger partial charge is 0.237 e. The Morgan fingerprint density at radius 3 is 2.30 bits per heavy atom. The first-order valence-corrected chi connectivity index (χ1v) is 11.2. The van der Waals surface area contributed by atoms with Crippen molar-refractivity contribution >= 4 is 28.3 Å². The summed E-state index contributed by atoms with van der Waals surface area (Å²) in [6.07, 6.45) is 5.17. The number of rotatable bonds is 6. The molecule has 2 aliphatic rings. The Morgan fingerprint density at radius 1 is 1.04 bits per heavy atom. The summed E-state index contributed by atoms with van der Waals surface area (Å²) in [4.78, 5) is 28.7. The van der Waals surface area contributed by atoms with Gasteiger partial charge < -0.3 is 10.2 Å². The lowest BCUT2D eigenvalue weighted by molar-refractivity contribution is -0.130. The van der Waals surface area contributed by atoms with Crippen LogP contribution in [0.5, 0.6) is 0 Å². The lowest BCUT2D eigenvalue weighted by Crippen LogP contribution is -2.52. The van der Waals surface area contributed by atoms with Gasteiger partial charge in [-0.05, 0) is 31.9 Å². The SMILES string of the molecule is Cc1ccc(NC(=O)C[S@](=O)CC(=O)N2CCN(C3CCCC3)CC2)cc1. The molecule has 2 amide bonds. The van der Waals surface area contributed by atoms with Crippen molar-refractivity contribution in [2.45, 2.75) is 38.6 Å². The summed E-state index contributed by atoms with van der Waals surface area (Å²) in [5.41, 5.74) is 1.78. The van der Waals surface area contributed by atoms with Crippen LogP contribution in [0.3, 0.4) is 0 Å². The monoisotopic (exact) mass is 391 g/mol. The largest absolute Gasteiger partial charge is 0.339 e. The Morgan fingerprint density at radius 2 is 1.67 bits per heavy atom. The van der Waals surface area contributed by atoms with E-state index in [4.69, 9.17) is 0 Å². The molecule has 1 saturated carbocycles. The van der Waals surface area contributed by atoms with Crippen LogP contribution in [0.2, 0.25) is 0 Å². The highest BCUT2D eigenvalue weighted by Gasteiger charge is 2.28. The second-order valence-corrected chi connectivity index (χ2v) is 8.95. The molecule has 3 rings (SSSR count). The zero-order valence-corrected chi connectivity index (χ0v) is 16.8. The van der Waals surface area contributed by atoms with Crippen molar-refractivity contribution in [1.29, 1.82) is 0 Å². The summed E-state index contributed by atoms with van der Waals surface area (Å²) in [5, 5.41) is 2.73. The molecular weight excluding hydrogens is 362 g/mol. The molecule has 1 aliphatic carbocycles. The molecule has 6 nitrogen and oxygen atoms in total. The number of anilines is 1. The van der Waals surface area contributed by atoms with E-state index in [1.165, 1.54) is 25.7 Å². The van der Waals surface area contributed by atoms with Crippen LogP contribution in [0.1, 0.15) is 31.2 Å². The fourth-order valence-electron chi connectivity index (χ4n) is 3.87. The molecular formula is C20H29N3O3S. The van der Waals surface area contributed by atoms with Crippen molar-refractivity contribution in [3.63, 3.8) is 0 Å². The zero-order valence-electron chi connectivity index (χ0n) is 16.0. The molecule has 1 atom stereocenters. The van der Waals surface area contributed by atoms with Crippen LogP contribution in [0.25, 0.3) is 0 Å². The molecule has 0 radical (unpaired) electrons. The van der Waals surface area contributed by atoms with Gasteiger partial charge in [-0.3, -0.25) is 18.7 Å². The summed E-state index contributed by atoms with van der Waals surface area (Å²) in [5.74, 6) is -0.662. The number of piperazine rings is 1. The van der Waals surface area contributed by atoms with Crippen molar-refractivity contribution in [2.75, 3.05) is 43.0 Å². The molecule has 1 aliphatic heterocycles. The summed E-state index contributed by atoms with van der Waals surface area (Å²) in [6.45, 7) is 5.16. The van der Waals surface area contributed by atoms with Crippen molar-refractivity contribution < 1.29 is 13.8 Å². The molecule has 2 fully saturated rings. The van der Waals surface area contributed by atoms with Crippen LogP contribution in [0.4, 0.5) is 5.69 Å². The highest BCUT2D eigenvalue weighted by atomic mass is 32.2. The fourth-order valence-corrected chi connectivity index (χ4v) is 4.79. The van der Waals surface area contributed by atoms with Gasteiger partial charge in [0.2, 0.25) is 11.8 Å². The van der Waals surface area contributed by atoms with E-state index in [0.717, 1.165) is 18.7 Å². The number of carbonyl (C=O) groups is 2. The molecule has 1 N–H and O–H groups in total. The summed E-state index contributed by atoms with van der Waals surface area (Å²) < 4.78 is 12.2. The molecule has 0 aromatic heterocycles. The Balaban J connectivity index is 1.39. The molecule has 27 heavy (non-hydrogen) atoms. The maximum Gasteiger partial charge on any atom is 0.237 e. The van der Waals surface area contributed by atoms with Gasteiger partial charge in [-0.1, -0.05) is 30.5 Å². The zero-order chi connectivity index (χ0) is 19.2. The van der Waals surface area contributed by atoms with Gasteiger partial charge in [-0.2, -0.15) is 0 Å². The Kier molecular flexibility index (Phi) is 7.01. The number of aryl methyl sites for hydroxylation is 1. The highest BCUT2D eigenvalue weighted by Crippen LogP contribution is 2.24. The molecule has 0 unspecified atom stereocenters. The van der Waals surface area contributed by atoms with Crippen molar-refractivity contribution in [2.24, 2.45) is 0 Å². The number of nitrogens with zero attached hydrogens (tertiary/aromatic N) is 2. The van der Waals surface area contributed by atoms with Gasteiger partial charge in [0.05, 0.1) is 0 Å². The van der Waals surface area contributed by atoms with E-state index in [2.05, 4.69) is 10.2 Å². The number of carbonyl (C=O) groups excluding carboxylic acids is 2. The van der Waals surface area contributed by atoms with Gasteiger partial charge in [0.25, 0.3) is 0 Å². The Bertz CT molecular complexity index is 678. The minimum Gasteiger partial charge on any atom is -0.339 e. The van der Waals surface area contributed by atoms with Gasteiger partial charge in [0.15, 0.2) is 0 Å². The van der Waals surface area contributed by atoms with E-state index >= 15 is 0 Å². The topological polar surface area (TPSA) is 69.7 Å². The highest BCUT2D eigenvalue weighted by molar-refractivity contribution is 7.86. The minimum atomic E-state index is -1.49. The summed E-state index contributed by atoms with van der Waals surface area (Å²) in [7, 11) is -1.49. The third kappa shape index (κ3) is 5.87. The molecule has 1 aromatic carbocycles. The lowest BCUT2D eigenvalue weighted by atomic mass is 10.2. The fraction of sp³-hybridized carbons (Fsp3) is 0.600. The molecule has 1 saturated heterocycles. The standard InChI is InChI=1S/C20H29N3O3S/c1-16-6-8-17(9-7-16)21-19(24)14-27(26)15-20(25)23-12-10-22(11-13-23)18-4-2-3-5-18/h6-9,18H,2-5,10-15H2,1H3,(H,21,24)/t27-/m0/s1. The second kappa shape index (κ2) is 9.46. The average molecular weight is 392 g/mol. The van der Waals surface area contributed by atoms with Crippen LogP contribution in [0.15, 0.2) is 24.3 Å². The third-order valence-electron chi connectivity index (χ3n) is 5.42. The van der Waals surface area contributed by atoms with E-state index < -0.39 is 10.8 Å². The van der Waals surface area contributed by atoms with Crippen LogP contribution in [0, 0.1) is 6.92 Å². The molecule has 148 valence electrons. The number of hydrogen-bond donors (Lipinski definition) is 1. The number of benzene rings is 1. The number of hydrogen-bond acceptors (Lipinski definition) is 4. The lowest BCUT2D eigenvalue weighted by Gasteiger charge is -2.38. The first-order valence-electron chi connectivity index (χ1n) is 9.74. The predicted molar refractivity (Wildman–Crippen MR) is 108 cm³/mol. The Hall–Kier alpha value is -1.73. The quantitative estimate of drug-likeness (QED) is 0.802. The second-order valence-electron chi connectivity index (χ2n) is 7.50. The predicted octanol–water partition coefficient (Wildman–Crippen LogP) is 1.77. The molecule has 1 aromatic rings. The third-order valence-corrected chi connectivity index (χ3v) is 6.57. The van der Waals surface area contributed by atoms with Crippen LogP contribution < -0.4 is 5.32 Å². The maximum absolute atomic E-state index is 12.4. The van der Waals surface area contributed by atoms with Crippen molar-refractivity contribution in [1.82, 2.24) is 9.80 Å². The average Bonchev–Trinajstić information content (AvgIpc) is 3.18. The van der Waals surface area contributed by atoms with Gasteiger partial charge in [-0.25, -0.2) is 0 Å². The van der Waals surface area contributed by atoms with E-state index in [9.17, 15) is 13.8 Å². The van der Waals surface area contributed by atoms with Crippen molar-refractivity contribution in [3.8, 4) is 0 Å². The number of amides is 2. The Labute approximate surface area is 163 Å². The maximum atomic E-state index is 12.4. The molecule has 7 heteroatoms. The van der Waals surface area contributed by atoms with Gasteiger partial charge in [0, 0.05) is 48.7 Å². The van der Waals surface area contributed by atoms with Gasteiger partial charge in [-0.15, -0.1) is 0 Å². The minimum absolute atomic E-state index is 0.0786. The first kappa shape index (κ1) is 20.0. The van der Waals surface area contributed by atoms with E-state index in [1.54, 1.807) is 4.90 Å². The van der Waals surface area contributed by atoms with Crippen LogP contribution in [-0.4, -0.2) is 69.5 Å². The van der Waals surface area contributed by atoms with Gasteiger partial charge >= 0.3 is 0 Å². The number of nitrogens with one attached hydrogen (secondary N) is 1. The molecule has 1 heterocycles.